The van der Waals surface area contributed by atoms with Gasteiger partial charge in [-0.1, -0.05) is 12.8 Å². The molecule has 1 aliphatic carbocycles. The van der Waals surface area contributed by atoms with Crippen molar-refractivity contribution in [2.45, 2.75) is 38.5 Å². The van der Waals surface area contributed by atoms with Crippen LogP contribution >= 0.6 is 0 Å². The van der Waals surface area contributed by atoms with Crippen LogP contribution in [0.15, 0.2) is 0 Å². The van der Waals surface area contributed by atoms with Crippen LogP contribution in [0.2, 0.25) is 0 Å². The van der Waals surface area contributed by atoms with Gasteiger partial charge in [0.1, 0.15) is 5.41 Å². The van der Waals surface area contributed by atoms with Gasteiger partial charge in [-0.2, -0.15) is 5.26 Å². The highest BCUT2D eigenvalue weighted by Crippen LogP contribution is 2.39. The van der Waals surface area contributed by atoms with Gasteiger partial charge in [-0.05, 0) is 25.7 Å². The lowest BCUT2D eigenvalue weighted by Gasteiger charge is -2.35. The monoisotopic (exact) mass is 249 g/mol. The second-order valence-electron chi connectivity index (χ2n) is 5.39. The minimum absolute atomic E-state index is 0.0894. The molecular formula is C13H19N3O2. The third-order valence-electron chi connectivity index (χ3n) is 4.19. The number of primary amides is 1. The molecule has 2 amide bonds. The van der Waals surface area contributed by atoms with Crippen molar-refractivity contribution in [2.24, 2.45) is 17.1 Å². The summed E-state index contributed by atoms with van der Waals surface area (Å²) in [6.45, 7) is 1.03. The van der Waals surface area contributed by atoms with Crippen molar-refractivity contribution in [2.75, 3.05) is 13.1 Å². The van der Waals surface area contributed by atoms with Crippen LogP contribution in [-0.4, -0.2) is 29.8 Å². The van der Waals surface area contributed by atoms with Gasteiger partial charge in [0, 0.05) is 13.1 Å². The van der Waals surface area contributed by atoms with Crippen molar-refractivity contribution in [1.29, 1.82) is 5.26 Å². The van der Waals surface area contributed by atoms with Gasteiger partial charge in [-0.25, -0.2) is 0 Å². The maximum Gasteiger partial charge on any atom is 0.243 e. The Kier molecular flexibility index (Phi) is 3.55. The van der Waals surface area contributed by atoms with Gasteiger partial charge in [0.15, 0.2) is 0 Å². The fourth-order valence-electron chi connectivity index (χ4n) is 3.05. The van der Waals surface area contributed by atoms with Gasteiger partial charge < -0.3 is 10.6 Å². The Hall–Kier alpha value is -1.57. The van der Waals surface area contributed by atoms with Crippen LogP contribution in [0.1, 0.15) is 38.5 Å². The highest BCUT2D eigenvalue weighted by atomic mass is 16.2. The van der Waals surface area contributed by atoms with Gasteiger partial charge in [-0.15, -0.1) is 0 Å². The summed E-state index contributed by atoms with van der Waals surface area (Å²) in [5.74, 6) is -0.682. The summed E-state index contributed by atoms with van der Waals surface area (Å²) in [6, 6.07) is 2.21. The molecule has 2 aliphatic rings. The molecule has 1 saturated heterocycles. The first-order valence-electron chi connectivity index (χ1n) is 6.59. The molecule has 0 bridgehead atoms. The fraction of sp³-hybridized carbons (Fsp3) is 0.769. The first-order chi connectivity index (χ1) is 8.59. The van der Waals surface area contributed by atoms with Gasteiger partial charge in [0.2, 0.25) is 11.8 Å². The fourth-order valence-corrected chi connectivity index (χ4v) is 3.05. The molecule has 0 aromatic heterocycles. The highest BCUT2D eigenvalue weighted by Gasteiger charge is 2.45. The van der Waals surface area contributed by atoms with Crippen molar-refractivity contribution >= 4 is 11.8 Å². The minimum Gasteiger partial charge on any atom is -0.369 e. The van der Waals surface area contributed by atoms with Crippen molar-refractivity contribution in [3.63, 3.8) is 0 Å². The molecule has 0 spiro atoms. The minimum atomic E-state index is -0.834. The van der Waals surface area contributed by atoms with Crippen molar-refractivity contribution < 1.29 is 9.59 Å². The average molecular weight is 249 g/mol. The predicted octanol–water partition coefficient (Wildman–Crippen LogP) is 0.794. The molecule has 1 unspecified atom stereocenters. The lowest BCUT2D eigenvalue weighted by Crippen LogP contribution is -2.49. The average Bonchev–Trinajstić information content (AvgIpc) is 2.88. The highest BCUT2D eigenvalue weighted by molar-refractivity contribution is 5.86. The molecule has 1 heterocycles. The third kappa shape index (κ3) is 2.20. The molecule has 2 N–H and O–H groups in total. The van der Waals surface area contributed by atoms with Crippen LogP contribution in [-0.2, 0) is 9.59 Å². The zero-order valence-corrected chi connectivity index (χ0v) is 10.5. The molecule has 1 aliphatic heterocycles. The number of amides is 2. The largest absolute Gasteiger partial charge is 0.369 e. The summed E-state index contributed by atoms with van der Waals surface area (Å²) < 4.78 is 0. The summed E-state index contributed by atoms with van der Waals surface area (Å²) in [7, 11) is 0. The van der Waals surface area contributed by atoms with Crippen LogP contribution in [0, 0.1) is 22.7 Å². The Bertz CT molecular complexity index is 394. The first-order valence-corrected chi connectivity index (χ1v) is 6.59. The summed E-state index contributed by atoms with van der Waals surface area (Å²) in [5.41, 5.74) is 4.47. The Morgan fingerprint density at radius 2 is 1.94 bits per heavy atom. The van der Waals surface area contributed by atoms with E-state index in [2.05, 4.69) is 6.07 Å². The second kappa shape index (κ2) is 4.97. The molecular weight excluding hydrogens is 230 g/mol. The SMILES string of the molecule is N#CC1(C(=O)N2CCCC(C(N)=O)C2)CCCC1. The van der Waals surface area contributed by atoms with Crippen LogP contribution in [0.5, 0.6) is 0 Å². The quantitative estimate of drug-likeness (QED) is 0.785. The predicted molar refractivity (Wildman–Crippen MR) is 65.0 cm³/mol. The molecule has 98 valence electrons. The standard InChI is InChI=1S/C13H19N3O2/c14-9-13(5-1-2-6-13)12(18)16-7-3-4-10(8-16)11(15)17/h10H,1-8H2,(H2,15,17). The molecule has 0 aromatic rings. The number of nitrogens with two attached hydrogens (primary N) is 1. The number of likely N-dealkylation sites (tertiary alicyclic amines) is 1. The number of hydrogen-bond acceptors (Lipinski definition) is 3. The smallest absolute Gasteiger partial charge is 0.243 e. The van der Waals surface area contributed by atoms with Crippen LogP contribution in [0.3, 0.4) is 0 Å². The summed E-state index contributed by atoms with van der Waals surface area (Å²) in [4.78, 5) is 25.4. The van der Waals surface area contributed by atoms with Crippen LogP contribution in [0.25, 0.3) is 0 Å². The van der Waals surface area contributed by atoms with Gasteiger partial charge in [0.05, 0.1) is 12.0 Å². The van der Waals surface area contributed by atoms with E-state index in [9.17, 15) is 14.9 Å². The molecule has 0 radical (unpaired) electrons. The lowest BCUT2D eigenvalue weighted by atomic mass is 9.85. The summed E-state index contributed by atoms with van der Waals surface area (Å²) >= 11 is 0. The Morgan fingerprint density at radius 3 is 2.50 bits per heavy atom. The van der Waals surface area contributed by atoms with E-state index in [0.717, 1.165) is 25.7 Å². The van der Waals surface area contributed by atoms with E-state index in [1.807, 2.05) is 0 Å². The zero-order chi connectivity index (χ0) is 13.2. The summed E-state index contributed by atoms with van der Waals surface area (Å²) in [6.07, 6.45) is 4.72. The molecule has 0 aromatic carbocycles. The normalized spacial score (nSPS) is 26.6. The van der Waals surface area contributed by atoms with E-state index in [4.69, 9.17) is 5.73 Å². The molecule has 5 heteroatoms. The van der Waals surface area contributed by atoms with E-state index in [1.165, 1.54) is 0 Å². The number of nitrogens with zero attached hydrogens (tertiary/aromatic N) is 2. The Labute approximate surface area is 107 Å². The molecule has 2 rings (SSSR count). The van der Waals surface area contributed by atoms with Gasteiger partial charge in [0.25, 0.3) is 0 Å². The van der Waals surface area contributed by atoms with Crippen molar-refractivity contribution in [3.05, 3.63) is 0 Å². The number of hydrogen-bond donors (Lipinski definition) is 1. The van der Waals surface area contributed by atoms with E-state index in [1.54, 1.807) is 4.90 Å². The number of carbonyl (C=O) groups is 2. The lowest BCUT2D eigenvalue weighted by molar-refractivity contribution is -0.141. The van der Waals surface area contributed by atoms with E-state index in [-0.39, 0.29) is 17.7 Å². The molecule has 1 saturated carbocycles. The first kappa shape index (κ1) is 12.9. The molecule has 18 heavy (non-hydrogen) atoms. The van der Waals surface area contributed by atoms with Crippen molar-refractivity contribution in [1.82, 2.24) is 4.90 Å². The Balaban J connectivity index is 2.09. The van der Waals surface area contributed by atoms with Crippen molar-refractivity contribution in [3.8, 4) is 6.07 Å². The summed E-state index contributed by atoms with van der Waals surface area (Å²) in [5, 5.41) is 9.30. The molecule has 1 atom stereocenters. The molecule has 2 fully saturated rings. The number of carbonyl (C=O) groups excluding carboxylic acids is 2. The second-order valence-corrected chi connectivity index (χ2v) is 5.39. The zero-order valence-electron chi connectivity index (χ0n) is 10.5. The van der Waals surface area contributed by atoms with Crippen LogP contribution in [0.4, 0.5) is 0 Å². The van der Waals surface area contributed by atoms with Gasteiger partial charge in [-0.3, -0.25) is 9.59 Å². The maximum absolute atomic E-state index is 12.5. The third-order valence-corrected chi connectivity index (χ3v) is 4.19. The van der Waals surface area contributed by atoms with E-state index in [0.29, 0.717) is 25.9 Å². The number of rotatable bonds is 2. The Morgan fingerprint density at radius 1 is 1.28 bits per heavy atom. The number of piperidine rings is 1. The van der Waals surface area contributed by atoms with E-state index >= 15 is 0 Å². The number of nitriles is 1. The van der Waals surface area contributed by atoms with Crippen LogP contribution < -0.4 is 5.73 Å². The molecule has 5 nitrogen and oxygen atoms in total. The van der Waals surface area contributed by atoms with Gasteiger partial charge >= 0.3 is 0 Å². The maximum atomic E-state index is 12.5. The van der Waals surface area contributed by atoms with E-state index < -0.39 is 5.41 Å². The topological polar surface area (TPSA) is 87.2 Å².